The number of fused-ring (bicyclic) bond motifs is 13. The number of carbonyl (C=O) groups excluding carboxylic acids is 4. The van der Waals surface area contributed by atoms with E-state index >= 15 is 4.79 Å². The van der Waals surface area contributed by atoms with E-state index in [0.717, 1.165) is 6.54 Å². The number of piperazine rings is 1. The van der Waals surface area contributed by atoms with E-state index in [1.807, 2.05) is 17.0 Å². The number of nitrogens with two attached hydrogens (primary N) is 1. The minimum atomic E-state index is -2.05. The molecule has 20 nitrogen and oxygen atoms in total. The predicted molar refractivity (Wildman–Crippen MR) is 297 cm³/mol. The number of hydrogen-bond donors (Lipinski definition) is 6. The fourth-order valence-electron chi connectivity index (χ4n) is 11.7. The fraction of sp³-hybridized carbons (Fsp3) is 0.552. The number of phenolic OH excluding ortho intramolecular Hbond substituents is 2. The van der Waals surface area contributed by atoms with Crippen molar-refractivity contribution >= 4 is 56.7 Å². The number of aliphatic hydroxyl groups excluding tert-OH is 2. The van der Waals surface area contributed by atoms with Gasteiger partial charge in [-0.15, -0.1) is 0 Å². The second kappa shape index (κ2) is 23.5. The topological polar surface area (TPSA) is 276 Å². The summed E-state index contributed by atoms with van der Waals surface area (Å²) < 4.78 is 37.1. The summed E-state index contributed by atoms with van der Waals surface area (Å²) in [6.45, 7) is 20.7. The molecular formula is C58H77N7O13S. The number of allylic oxidation sites excluding steroid dienone is 2. The molecule has 2 fully saturated rings. The Bertz CT molecular complexity index is 3130. The van der Waals surface area contributed by atoms with Gasteiger partial charge in [0.1, 0.15) is 45.6 Å². The number of aromatic hydroxyl groups is 2. The van der Waals surface area contributed by atoms with Gasteiger partial charge in [0, 0.05) is 113 Å². The summed E-state index contributed by atoms with van der Waals surface area (Å²) in [4.78, 5) is 74.2. The Labute approximate surface area is 463 Å². The standard InChI is InChI=1S/C58H77N7O13S/c1-30(2)29-63-22-20-58(21-23-63)61-44-41-42-49(68)36(8)52-43(41)53(70)57(10,78-52)76-28-19-39(75-11)33(5)51(77-56(73)37(9)55(72)65-26-24-64(25-27-65)38-17-12-13-18-40(38)79(59)74)35(7)48(67)34(6)47(66)31(3)15-14-16-32(4)54(71)60-46(50(42)69)45(44)62-58/h12-19,28,30-31,33-35,37,39,47-48,51,66-69H,20-27,29,59H2,1-11H3,(H,60,71)/b15-14+,28-19+,32-16-/t31?,33-,34-,35-,37?,39-,47+,48?,51-,57?,79?/m1/s1. The number of amides is 2. The van der Waals surface area contributed by atoms with Crippen molar-refractivity contribution in [1.29, 1.82) is 0 Å². The van der Waals surface area contributed by atoms with Crippen molar-refractivity contribution in [2.24, 2.45) is 50.6 Å². The zero-order valence-electron chi connectivity index (χ0n) is 47.0. The highest BCUT2D eigenvalue weighted by Gasteiger charge is 2.50. The van der Waals surface area contributed by atoms with E-state index in [9.17, 15) is 39.0 Å². The highest BCUT2D eigenvalue weighted by Crippen LogP contribution is 2.50. The number of anilines is 2. The van der Waals surface area contributed by atoms with Crippen molar-refractivity contribution in [2.75, 3.05) is 63.1 Å². The third kappa shape index (κ3) is 11.4. The zero-order chi connectivity index (χ0) is 57.6. The van der Waals surface area contributed by atoms with E-state index in [1.54, 1.807) is 69.9 Å². The van der Waals surface area contributed by atoms with Crippen LogP contribution in [0.15, 0.2) is 75.3 Å². The smallest absolute Gasteiger partial charge is 0.318 e. The normalized spacial score (nSPS) is 29.9. The summed E-state index contributed by atoms with van der Waals surface area (Å²) in [5.74, 6) is -9.43. The van der Waals surface area contributed by atoms with Crippen molar-refractivity contribution in [3.63, 3.8) is 0 Å². The number of esters is 1. The summed E-state index contributed by atoms with van der Waals surface area (Å²) in [7, 11) is -0.294. The number of phenols is 2. The quantitative estimate of drug-likeness (QED) is 0.101. The highest BCUT2D eigenvalue weighted by molar-refractivity contribution is 7.82. The van der Waals surface area contributed by atoms with E-state index in [1.165, 1.54) is 40.2 Å². The monoisotopic (exact) mass is 1110 g/mol. The van der Waals surface area contributed by atoms with Crippen molar-refractivity contribution < 1.29 is 62.8 Å². The molecule has 3 aromatic carbocycles. The number of ether oxygens (including phenoxy) is 4. The predicted octanol–water partition coefficient (Wildman–Crippen LogP) is 4.70. The first-order valence-electron chi connectivity index (χ1n) is 27.2. The van der Waals surface area contributed by atoms with Crippen LogP contribution in [0.4, 0.5) is 11.4 Å². The van der Waals surface area contributed by atoms with Crippen molar-refractivity contribution in [3.05, 3.63) is 82.2 Å². The van der Waals surface area contributed by atoms with E-state index in [-0.39, 0.29) is 62.7 Å². The lowest BCUT2D eigenvalue weighted by Gasteiger charge is -2.39. The average Bonchev–Trinajstić information content (AvgIpc) is 4.09. The maximum absolute atomic E-state index is 15.0. The number of rotatable bonds is 8. The van der Waals surface area contributed by atoms with Crippen LogP contribution in [-0.4, -0.2) is 147 Å². The molecule has 6 heterocycles. The van der Waals surface area contributed by atoms with Gasteiger partial charge in [0.2, 0.25) is 5.91 Å². The lowest BCUT2D eigenvalue weighted by molar-refractivity contribution is -0.170. The number of piperidine rings is 1. The minimum absolute atomic E-state index is 0.000391. The Balaban J connectivity index is 1.14. The average molecular weight is 1110 g/mol. The van der Waals surface area contributed by atoms with Gasteiger partial charge in [0.05, 0.1) is 51.5 Å². The van der Waals surface area contributed by atoms with Gasteiger partial charge in [-0.2, -0.15) is 0 Å². The van der Waals surface area contributed by atoms with Crippen LogP contribution >= 0.6 is 0 Å². The van der Waals surface area contributed by atoms with Gasteiger partial charge in [0.15, 0.2) is 11.4 Å². The molecule has 0 aromatic heterocycles. The molecule has 11 atom stereocenters. The Kier molecular flexibility index (Phi) is 17.5. The lowest BCUT2D eigenvalue weighted by Crippen LogP contribution is -2.52. The number of para-hydroxylation sites is 1. The van der Waals surface area contributed by atoms with Gasteiger partial charge in [-0.3, -0.25) is 29.2 Å². The summed E-state index contributed by atoms with van der Waals surface area (Å²) in [5.41, 5.74) is -0.0690. The van der Waals surface area contributed by atoms with Crippen molar-refractivity contribution in [1.82, 2.24) is 9.80 Å². The third-order valence-corrected chi connectivity index (χ3v) is 17.4. The molecule has 0 saturated carbocycles. The Morgan fingerprint density at radius 2 is 1.56 bits per heavy atom. The van der Waals surface area contributed by atoms with Crippen LogP contribution in [-0.2, 0) is 39.6 Å². The maximum atomic E-state index is 15.0. The number of carbonyl (C=O) groups is 4. The molecule has 2 saturated heterocycles. The van der Waals surface area contributed by atoms with Gasteiger partial charge in [0.25, 0.3) is 11.7 Å². The molecule has 428 valence electrons. The van der Waals surface area contributed by atoms with E-state index < -0.39 is 112 Å². The van der Waals surface area contributed by atoms with Crippen LogP contribution in [0.5, 0.6) is 17.2 Å². The number of benzene rings is 3. The van der Waals surface area contributed by atoms with E-state index in [2.05, 4.69) is 24.1 Å². The molecule has 2 amide bonds. The second-order valence-electron chi connectivity index (χ2n) is 22.6. The number of ketones is 1. The van der Waals surface area contributed by atoms with Gasteiger partial charge < -0.3 is 59.4 Å². The van der Waals surface area contributed by atoms with Crippen LogP contribution in [0.25, 0.3) is 10.8 Å². The molecule has 6 aliphatic rings. The molecule has 1 spiro atoms. The van der Waals surface area contributed by atoms with Gasteiger partial charge in [-0.1, -0.05) is 71.9 Å². The van der Waals surface area contributed by atoms with Crippen molar-refractivity contribution in [2.45, 2.75) is 123 Å². The molecule has 3 aromatic rings. The Morgan fingerprint density at radius 1 is 0.899 bits per heavy atom. The summed E-state index contributed by atoms with van der Waals surface area (Å²) in [5, 5.41) is 57.0. The Hall–Kier alpha value is -6.23. The number of hydrogen-bond acceptors (Lipinski definition) is 17. The summed E-state index contributed by atoms with van der Waals surface area (Å²) in [6.07, 6.45) is 4.09. The van der Waals surface area contributed by atoms with Gasteiger partial charge in [-0.05, 0) is 44.9 Å². The first kappa shape index (κ1) is 58.9. The molecular weight excluding hydrogens is 1030 g/mol. The van der Waals surface area contributed by atoms with Crippen LogP contribution < -0.4 is 30.8 Å². The minimum Gasteiger partial charge on any atom is -0.507 e. The Morgan fingerprint density at radius 3 is 2.20 bits per heavy atom. The van der Waals surface area contributed by atoms with Crippen LogP contribution in [0.1, 0.15) is 91.1 Å². The number of aliphatic hydroxyl groups is 2. The maximum Gasteiger partial charge on any atom is 0.318 e. The van der Waals surface area contributed by atoms with Crippen LogP contribution in [0.2, 0.25) is 0 Å². The van der Waals surface area contributed by atoms with Crippen LogP contribution in [0, 0.1) is 42.4 Å². The molecule has 5 bridgehead atoms. The second-order valence-corrected chi connectivity index (χ2v) is 23.6. The largest absolute Gasteiger partial charge is 0.507 e. The molecule has 7 N–H and O–H groups in total. The first-order valence-corrected chi connectivity index (χ1v) is 28.4. The highest BCUT2D eigenvalue weighted by atomic mass is 32.2. The SMILES string of the molecule is CO[C@@H]1/C=C/OC2(C)Oc3c(C)c(O)c4c(O)c(c5c(c4c3C2=O)=NC2(CCN(CC(C)C)CC2)N=5)NC(=O)/C(C)=C\C=C\C(C)[C@H](O)[C@@H](C)C(O)[C@@H](C)[C@H](OC(=O)C(C)C(=O)N2CCN(c3ccccc3S(N)=O)CC2)[C@@H]1C. The summed E-state index contributed by atoms with van der Waals surface area (Å²) in [6, 6.07) is 7.09. The number of methoxy groups -OCH3 is 1. The number of nitrogens with one attached hydrogen (secondary N) is 1. The van der Waals surface area contributed by atoms with Crippen molar-refractivity contribution in [3.8, 4) is 17.2 Å². The number of Topliss-reactive ketones (excluding diaryl/α,β-unsaturated/α-hetero) is 1. The van der Waals surface area contributed by atoms with Gasteiger partial charge in [-0.25, -0.2) is 9.35 Å². The molecule has 0 aliphatic carbocycles. The summed E-state index contributed by atoms with van der Waals surface area (Å²) >= 11 is 0. The van der Waals surface area contributed by atoms with E-state index in [4.69, 9.17) is 34.1 Å². The molecule has 6 aliphatic heterocycles. The first-order chi connectivity index (χ1) is 37.3. The molecule has 21 heteroatoms. The molecule has 0 radical (unpaired) electrons. The third-order valence-electron chi connectivity index (χ3n) is 16.6. The molecule has 5 unspecified atom stereocenters. The zero-order valence-corrected chi connectivity index (χ0v) is 47.8. The molecule has 9 rings (SSSR count). The number of nitrogens with zero attached hydrogens (tertiary/aromatic N) is 5. The lowest BCUT2D eigenvalue weighted by atomic mass is 9.78. The molecule has 79 heavy (non-hydrogen) atoms. The van der Waals surface area contributed by atoms with Gasteiger partial charge >= 0.3 is 11.8 Å². The van der Waals surface area contributed by atoms with Crippen LogP contribution in [0.3, 0.4) is 0 Å². The van der Waals surface area contributed by atoms with E-state index in [0.29, 0.717) is 55.5 Å². The number of likely N-dealkylation sites (tertiary alicyclic amines) is 1. The fourth-order valence-corrected chi connectivity index (χ4v) is 12.3.